The lowest BCUT2D eigenvalue weighted by molar-refractivity contribution is 0.0936. The molecule has 0 aliphatic carbocycles. The Bertz CT molecular complexity index is 795. The summed E-state index contributed by atoms with van der Waals surface area (Å²) in [5, 5.41) is 4.62. The molecule has 1 aromatic heterocycles. The van der Waals surface area contributed by atoms with Crippen molar-refractivity contribution in [3.05, 3.63) is 70.9 Å². The number of benzene rings is 2. The van der Waals surface area contributed by atoms with Crippen molar-refractivity contribution < 1.29 is 4.79 Å². The summed E-state index contributed by atoms with van der Waals surface area (Å²) in [4.78, 5) is 15.4. The second kappa shape index (κ2) is 6.24. The van der Waals surface area contributed by atoms with Crippen LogP contribution in [-0.2, 0) is 6.42 Å². The molecule has 0 bridgehead atoms. The van der Waals surface area contributed by atoms with Crippen LogP contribution in [0, 0.1) is 0 Å². The molecular formula is C18H17ClN2O. The minimum absolute atomic E-state index is 0.0601. The Morgan fingerprint density at radius 3 is 2.73 bits per heavy atom. The number of amides is 1. The van der Waals surface area contributed by atoms with Gasteiger partial charge in [0.25, 0.3) is 5.91 Å². The molecule has 3 aromatic rings. The van der Waals surface area contributed by atoms with E-state index in [4.69, 9.17) is 11.6 Å². The number of fused-ring (bicyclic) bond motifs is 1. The number of aromatic amines is 1. The van der Waals surface area contributed by atoms with E-state index in [1.54, 1.807) is 6.07 Å². The van der Waals surface area contributed by atoms with Crippen LogP contribution >= 0.6 is 11.6 Å². The highest BCUT2D eigenvalue weighted by atomic mass is 35.5. The van der Waals surface area contributed by atoms with Crippen LogP contribution in [0.3, 0.4) is 0 Å². The van der Waals surface area contributed by atoms with E-state index >= 15 is 0 Å². The van der Waals surface area contributed by atoms with E-state index < -0.39 is 0 Å². The third kappa shape index (κ3) is 3.31. The van der Waals surface area contributed by atoms with Gasteiger partial charge in [0.1, 0.15) is 5.69 Å². The minimum Gasteiger partial charge on any atom is -0.351 e. The van der Waals surface area contributed by atoms with Crippen molar-refractivity contribution in [3.63, 3.8) is 0 Å². The lowest BCUT2D eigenvalue weighted by Gasteiger charge is -2.13. The Morgan fingerprint density at radius 2 is 1.95 bits per heavy atom. The van der Waals surface area contributed by atoms with Crippen molar-refractivity contribution in [2.45, 2.75) is 19.4 Å². The Balaban J connectivity index is 1.70. The molecule has 0 radical (unpaired) electrons. The monoisotopic (exact) mass is 312 g/mol. The molecule has 1 amide bonds. The number of aromatic nitrogens is 1. The number of nitrogens with one attached hydrogen (secondary N) is 2. The molecule has 4 heteroatoms. The van der Waals surface area contributed by atoms with Gasteiger partial charge in [0, 0.05) is 22.0 Å². The summed E-state index contributed by atoms with van der Waals surface area (Å²) in [5.41, 5.74) is 2.67. The lowest BCUT2D eigenvalue weighted by atomic mass is 10.1. The zero-order valence-electron chi connectivity index (χ0n) is 12.3. The highest BCUT2D eigenvalue weighted by Gasteiger charge is 2.13. The largest absolute Gasteiger partial charge is 0.351 e. The zero-order chi connectivity index (χ0) is 15.5. The fourth-order valence-corrected chi connectivity index (χ4v) is 2.73. The molecule has 3 nitrogen and oxygen atoms in total. The van der Waals surface area contributed by atoms with Crippen LogP contribution in [-0.4, -0.2) is 16.9 Å². The van der Waals surface area contributed by atoms with Gasteiger partial charge in [0.05, 0.1) is 0 Å². The quantitative estimate of drug-likeness (QED) is 0.745. The van der Waals surface area contributed by atoms with Crippen LogP contribution in [0.4, 0.5) is 0 Å². The van der Waals surface area contributed by atoms with Gasteiger partial charge in [-0.3, -0.25) is 4.79 Å². The van der Waals surface area contributed by atoms with E-state index in [1.165, 1.54) is 5.56 Å². The van der Waals surface area contributed by atoms with Crippen LogP contribution in [0.15, 0.2) is 54.6 Å². The Kier molecular flexibility index (Phi) is 4.16. The first kappa shape index (κ1) is 14.7. The number of carbonyl (C=O) groups excluding carboxylic acids is 1. The van der Waals surface area contributed by atoms with E-state index in [0.717, 1.165) is 17.3 Å². The van der Waals surface area contributed by atoms with Gasteiger partial charge >= 0.3 is 0 Å². The van der Waals surface area contributed by atoms with E-state index in [2.05, 4.69) is 22.4 Å². The summed E-state index contributed by atoms with van der Waals surface area (Å²) in [5.74, 6) is -0.101. The van der Waals surface area contributed by atoms with Crippen LogP contribution in [0.2, 0.25) is 5.02 Å². The molecule has 1 heterocycles. The van der Waals surface area contributed by atoms with Crippen molar-refractivity contribution in [2.75, 3.05) is 0 Å². The molecule has 2 aromatic carbocycles. The Morgan fingerprint density at radius 1 is 1.18 bits per heavy atom. The van der Waals surface area contributed by atoms with E-state index in [9.17, 15) is 4.79 Å². The molecule has 1 unspecified atom stereocenters. The van der Waals surface area contributed by atoms with E-state index in [-0.39, 0.29) is 11.9 Å². The van der Waals surface area contributed by atoms with Crippen LogP contribution in [0.5, 0.6) is 0 Å². The standard InChI is InChI=1S/C18H17ClN2O/c1-12(9-13-5-3-2-4-6-13)20-18(22)17-11-14-10-15(19)7-8-16(14)21-17/h2-8,10-12,21H,9H2,1H3,(H,20,22). The summed E-state index contributed by atoms with van der Waals surface area (Å²) in [7, 11) is 0. The summed E-state index contributed by atoms with van der Waals surface area (Å²) in [6.07, 6.45) is 0.804. The number of H-pyrrole nitrogens is 1. The van der Waals surface area contributed by atoms with Crippen molar-refractivity contribution in [3.8, 4) is 0 Å². The maximum Gasteiger partial charge on any atom is 0.267 e. The van der Waals surface area contributed by atoms with Crippen LogP contribution in [0.1, 0.15) is 23.0 Å². The smallest absolute Gasteiger partial charge is 0.267 e. The van der Waals surface area contributed by atoms with Gasteiger partial charge in [-0.15, -0.1) is 0 Å². The van der Waals surface area contributed by atoms with Crippen molar-refractivity contribution in [2.24, 2.45) is 0 Å². The van der Waals surface area contributed by atoms with Crippen molar-refractivity contribution in [1.82, 2.24) is 10.3 Å². The van der Waals surface area contributed by atoms with Gasteiger partial charge in [-0.05, 0) is 43.2 Å². The third-order valence-electron chi connectivity index (χ3n) is 3.59. The van der Waals surface area contributed by atoms with Crippen molar-refractivity contribution >= 4 is 28.4 Å². The van der Waals surface area contributed by atoms with E-state index in [0.29, 0.717) is 10.7 Å². The van der Waals surface area contributed by atoms with Gasteiger partial charge in [-0.2, -0.15) is 0 Å². The predicted octanol–water partition coefficient (Wildman–Crippen LogP) is 4.18. The van der Waals surface area contributed by atoms with Crippen LogP contribution in [0.25, 0.3) is 10.9 Å². The fourth-order valence-electron chi connectivity index (χ4n) is 2.55. The summed E-state index contributed by atoms with van der Waals surface area (Å²) in [6.45, 7) is 2.00. The molecule has 0 fully saturated rings. The molecule has 2 N–H and O–H groups in total. The highest BCUT2D eigenvalue weighted by Crippen LogP contribution is 2.20. The maximum atomic E-state index is 12.3. The fraction of sp³-hybridized carbons (Fsp3) is 0.167. The molecular weight excluding hydrogens is 296 g/mol. The second-order valence-corrected chi connectivity index (χ2v) is 5.92. The average Bonchev–Trinajstić information content (AvgIpc) is 2.91. The van der Waals surface area contributed by atoms with Gasteiger partial charge in [-0.25, -0.2) is 0 Å². The van der Waals surface area contributed by atoms with Gasteiger partial charge in [0.2, 0.25) is 0 Å². The third-order valence-corrected chi connectivity index (χ3v) is 3.82. The summed E-state index contributed by atoms with van der Waals surface area (Å²) < 4.78 is 0. The number of hydrogen-bond acceptors (Lipinski definition) is 1. The van der Waals surface area contributed by atoms with Gasteiger partial charge in [-0.1, -0.05) is 41.9 Å². The first-order valence-corrected chi connectivity index (χ1v) is 7.62. The molecule has 0 aliphatic rings. The van der Waals surface area contributed by atoms with E-state index in [1.807, 2.05) is 43.3 Å². The van der Waals surface area contributed by atoms with Gasteiger partial charge < -0.3 is 10.3 Å². The average molecular weight is 313 g/mol. The minimum atomic E-state index is -0.101. The SMILES string of the molecule is CC(Cc1ccccc1)NC(=O)c1cc2cc(Cl)ccc2[nH]1. The predicted molar refractivity (Wildman–Crippen MR) is 90.4 cm³/mol. The van der Waals surface area contributed by atoms with Crippen molar-refractivity contribution in [1.29, 1.82) is 0 Å². The number of rotatable bonds is 4. The molecule has 0 saturated carbocycles. The molecule has 0 saturated heterocycles. The summed E-state index contributed by atoms with van der Waals surface area (Å²) in [6, 6.07) is 17.5. The molecule has 0 spiro atoms. The molecule has 0 aliphatic heterocycles. The molecule has 112 valence electrons. The zero-order valence-corrected chi connectivity index (χ0v) is 13.0. The van der Waals surface area contributed by atoms with Crippen LogP contribution < -0.4 is 5.32 Å². The molecule has 3 rings (SSSR count). The van der Waals surface area contributed by atoms with Gasteiger partial charge in [0.15, 0.2) is 0 Å². The molecule has 22 heavy (non-hydrogen) atoms. The lowest BCUT2D eigenvalue weighted by Crippen LogP contribution is -2.34. The molecule has 1 atom stereocenters. The number of hydrogen-bond donors (Lipinski definition) is 2. The summed E-state index contributed by atoms with van der Waals surface area (Å²) >= 11 is 5.97. The normalized spacial score (nSPS) is 12.3. The first-order valence-electron chi connectivity index (χ1n) is 7.25. The number of carbonyl (C=O) groups is 1. The topological polar surface area (TPSA) is 44.9 Å². The highest BCUT2D eigenvalue weighted by molar-refractivity contribution is 6.31. The second-order valence-electron chi connectivity index (χ2n) is 5.48. The number of halogens is 1. The first-order chi connectivity index (χ1) is 10.6. The Hall–Kier alpha value is -2.26. The Labute approximate surface area is 134 Å². The maximum absolute atomic E-state index is 12.3.